The molecule has 1 N–H and O–H groups in total. The van der Waals surface area contributed by atoms with Gasteiger partial charge in [-0.1, -0.05) is 24.3 Å². The van der Waals surface area contributed by atoms with Crippen LogP contribution in [-0.4, -0.2) is 42.1 Å². The van der Waals surface area contributed by atoms with E-state index in [0.29, 0.717) is 17.9 Å². The van der Waals surface area contributed by atoms with Crippen LogP contribution in [0.3, 0.4) is 0 Å². The van der Waals surface area contributed by atoms with E-state index in [4.69, 9.17) is 9.84 Å². The molecule has 3 rings (SSSR count). The van der Waals surface area contributed by atoms with Crippen molar-refractivity contribution >= 4 is 11.9 Å². The zero-order valence-electron chi connectivity index (χ0n) is 14.9. The van der Waals surface area contributed by atoms with Gasteiger partial charge >= 0.3 is 5.97 Å². The fraction of sp³-hybridized carbons (Fsp3) is 0.333. The average molecular weight is 353 g/mol. The Bertz CT molecular complexity index is 802. The number of carboxylic acids is 1. The van der Waals surface area contributed by atoms with Gasteiger partial charge in [-0.05, 0) is 54.2 Å². The summed E-state index contributed by atoms with van der Waals surface area (Å²) in [6, 6.07) is 14.6. The normalized spacial score (nSPS) is 16.5. The Morgan fingerprint density at radius 2 is 1.92 bits per heavy atom. The number of ether oxygens (including phenoxy) is 1. The Morgan fingerprint density at radius 1 is 1.15 bits per heavy atom. The van der Waals surface area contributed by atoms with Crippen molar-refractivity contribution in [3.63, 3.8) is 0 Å². The number of rotatable bonds is 6. The first-order chi connectivity index (χ1) is 12.5. The van der Waals surface area contributed by atoms with Crippen molar-refractivity contribution in [1.82, 2.24) is 4.90 Å². The molecule has 0 aliphatic carbocycles. The van der Waals surface area contributed by atoms with Crippen molar-refractivity contribution in [1.29, 1.82) is 0 Å². The molecule has 0 bridgehead atoms. The lowest BCUT2D eigenvalue weighted by Crippen LogP contribution is -2.30. The summed E-state index contributed by atoms with van der Waals surface area (Å²) in [4.78, 5) is 25.6. The molecular weight excluding hydrogens is 330 g/mol. The molecule has 0 radical (unpaired) electrons. The summed E-state index contributed by atoms with van der Waals surface area (Å²) in [7, 11) is 1.62. The lowest BCUT2D eigenvalue weighted by atomic mass is 9.97. The number of carboxylic acid groups (broad SMARTS) is 1. The highest BCUT2D eigenvalue weighted by atomic mass is 16.5. The lowest BCUT2D eigenvalue weighted by Gasteiger charge is -2.17. The van der Waals surface area contributed by atoms with Gasteiger partial charge in [0.25, 0.3) is 0 Å². The number of amides is 1. The molecule has 5 nitrogen and oxygen atoms in total. The van der Waals surface area contributed by atoms with Crippen LogP contribution in [0.5, 0.6) is 5.75 Å². The van der Waals surface area contributed by atoms with Crippen LogP contribution < -0.4 is 4.74 Å². The molecule has 1 aliphatic rings. The van der Waals surface area contributed by atoms with E-state index in [1.807, 2.05) is 35.2 Å². The smallest absolute Gasteiger partial charge is 0.335 e. The third-order valence-electron chi connectivity index (χ3n) is 4.83. The fourth-order valence-electron chi connectivity index (χ4n) is 3.46. The second kappa shape index (κ2) is 8.04. The van der Waals surface area contributed by atoms with Gasteiger partial charge in [0.2, 0.25) is 5.91 Å². The second-order valence-corrected chi connectivity index (χ2v) is 6.73. The van der Waals surface area contributed by atoms with Crippen molar-refractivity contribution in [2.75, 3.05) is 20.2 Å². The molecule has 1 fully saturated rings. The van der Waals surface area contributed by atoms with E-state index in [1.165, 1.54) is 0 Å². The van der Waals surface area contributed by atoms with E-state index >= 15 is 0 Å². The summed E-state index contributed by atoms with van der Waals surface area (Å²) in [6.07, 6.45) is 2.11. The largest absolute Gasteiger partial charge is 0.497 e. The summed E-state index contributed by atoms with van der Waals surface area (Å²) >= 11 is 0. The molecule has 26 heavy (non-hydrogen) atoms. The van der Waals surface area contributed by atoms with E-state index in [-0.39, 0.29) is 5.91 Å². The summed E-state index contributed by atoms with van der Waals surface area (Å²) in [5.41, 5.74) is 2.27. The quantitative estimate of drug-likeness (QED) is 0.867. The molecule has 1 heterocycles. The third-order valence-corrected chi connectivity index (χ3v) is 4.83. The minimum Gasteiger partial charge on any atom is -0.497 e. The molecule has 5 heteroatoms. The molecule has 136 valence electrons. The van der Waals surface area contributed by atoms with Gasteiger partial charge in [-0.2, -0.15) is 0 Å². The van der Waals surface area contributed by atoms with E-state index in [1.54, 1.807) is 25.3 Å². The topological polar surface area (TPSA) is 66.8 Å². The third kappa shape index (κ3) is 4.42. The first kappa shape index (κ1) is 18.0. The van der Waals surface area contributed by atoms with Gasteiger partial charge in [-0.25, -0.2) is 4.79 Å². The highest BCUT2D eigenvalue weighted by Crippen LogP contribution is 2.23. The van der Waals surface area contributed by atoms with Crippen molar-refractivity contribution in [3.8, 4) is 5.75 Å². The minimum atomic E-state index is -0.909. The Labute approximate surface area is 153 Å². The minimum absolute atomic E-state index is 0.125. The summed E-state index contributed by atoms with van der Waals surface area (Å²) in [5.74, 6) is 0.342. The number of hydrogen-bond donors (Lipinski definition) is 1. The molecule has 1 amide bonds. The molecule has 1 aliphatic heterocycles. The molecule has 1 atom stereocenters. The average Bonchev–Trinajstić information content (AvgIpc) is 3.10. The van der Waals surface area contributed by atoms with Crippen LogP contribution >= 0.6 is 0 Å². The van der Waals surface area contributed by atoms with Crippen LogP contribution in [0.2, 0.25) is 0 Å². The second-order valence-electron chi connectivity index (χ2n) is 6.73. The molecule has 0 saturated carbocycles. The maximum Gasteiger partial charge on any atom is 0.335 e. The van der Waals surface area contributed by atoms with Crippen LogP contribution in [0.1, 0.15) is 27.9 Å². The van der Waals surface area contributed by atoms with Crippen LogP contribution in [-0.2, 0) is 17.6 Å². The zero-order chi connectivity index (χ0) is 18.5. The van der Waals surface area contributed by atoms with E-state index in [9.17, 15) is 9.59 Å². The van der Waals surface area contributed by atoms with Gasteiger partial charge in [0.15, 0.2) is 0 Å². The number of benzene rings is 2. The molecule has 1 unspecified atom stereocenters. The molecular formula is C21H23NO4. The Kier molecular flexibility index (Phi) is 5.56. The predicted molar refractivity (Wildman–Crippen MR) is 98.5 cm³/mol. The molecule has 0 spiro atoms. The number of aromatic carboxylic acids is 1. The fourth-order valence-corrected chi connectivity index (χ4v) is 3.46. The lowest BCUT2D eigenvalue weighted by molar-refractivity contribution is -0.129. The van der Waals surface area contributed by atoms with E-state index in [2.05, 4.69) is 0 Å². The van der Waals surface area contributed by atoms with Gasteiger partial charge in [-0.3, -0.25) is 4.79 Å². The molecule has 2 aromatic rings. The van der Waals surface area contributed by atoms with Crippen molar-refractivity contribution < 1.29 is 19.4 Å². The maximum atomic E-state index is 12.6. The van der Waals surface area contributed by atoms with Gasteiger partial charge in [0.05, 0.1) is 19.1 Å². The highest BCUT2D eigenvalue weighted by molar-refractivity contribution is 5.87. The van der Waals surface area contributed by atoms with Crippen LogP contribution in [0.25, 0.3) is 0 Å². The monoisotopic (exact) mass is 353 g/mol. The standard InChI is InChI=1S/C21H23NO4/c1-26-19-7-3-5-16(12-19)13-20(23)22-9-8-17(14-22)10-15-4-2-6-18(11-15)21(24)25/h2-7,11-12,17H,8-10,13-14H2,1H3,(H,24,25). The van der Waals surface area contributed by atoms with Crippen LogP contribution in [0, 0.1) is 5.92 Å². The Morgan fingerprint density at radius 3 is 2.69 bits per heavy atom. The Hall–Kier alpha value is -2.82. The summed E-state index contributed by atoms with van der Waals surface area (Å²) < 4.78 is 5.21. The first-order valence-electron chi connectivity index (χ1n) is 8.78. The van der Waals surface area contributed by atoms with Gasteiger partial charge < -0.3 is 14.7 Å². The number of likely N-dealkylation sites (tertiary alicyclic amines) is 1. The number of nitrogens with zero attached hydrogens (tertiary/aromatic N) is 1. The number of hydrogen-bond acceptors (Lipinski definition) is 3. The van der Waals surface area contributed by atoms with Crippen LogP contribution in [0.4, 0.5) is 0 Å². The van der Waals surface area contributed by atoms with Gasteiger partial charge in [-0.15, -0.1) is 0 Å². The van der Waals surface area contributed by atoms with Crippen molar-refractivity contribution in [2.24, 2.45) is 5.92 Å². The highest BCUT2D eigenvalue weighted by Gasteiger charge is 2.26. The molecule has 0 aromatic heterocycles. The van der Waals surface area contributed by atoms with E-state index < -0.39 is 5.97 Å². The summed E-state index contributed by atoms with van der Waals surface area (Å²) in [5, 5.41) is 9.10. The SMILES string of the molecule is COc1cccc(CC(=O)N2CCC(Cc3cccc(C(=O)O)c3)C2)c1. The Balaban J connectivity index is 1.57. The predicted octanol–water partition coefficient (Wildman–Crippen LogP) is 3.03. The number of methoxy groups -OCH3 is 1. The number of carbonyl (C=O) groups is 2. The van der Waals surface area contributed by atoms with Crippen molar-refractivity contribution in [2.45, 2.75) is 19.3 Å². The van der Waals surface area contributed by atoms with E-state index in [0.717, 1.165) is 42.8 Å². The number of carbonyl (C=O) groups excluding carboxylic acids is 1. The zero-order valence-corrected chi connectivity index (χ0v) is 14.9. The maximum absolute atomic E-state index is 12.6. The first-order valence-corrected chi connectivity index (χ1v) is 8.78. The summed E-state index contributed by atoms with van der Waals surface area (Å²) in [6.45, 7) is 1.48. The van der Waals surface area contributed by atoms with Crippen LogP contribution in [0.15, 0.2) is 48.5 Å². The van der Waals surface area contributed by atoms with Gasteiger partial charge in [0.1, 0.15) is 5.75 Å². The molecule has 1 saturated heterocycles. The van der Waals surface area contributed by atoms with Crippen molar-refractivity contribution in [3.05, 3.63) is 65.2 Å². The molecule has 2 aromatic carbocycles. The van der Waals surface area contributed by atoms with Gasteiger partial charge in [0, 0.05) is 13.1 Å².